The second kappa shape index (κ2) is 10.3. The van der Waals surface area contributed by atoms with Gasteiger partial charge < -0.3 is 15.0 Å². The highest BCUT2D eigenvalue weighted by atomic mass is 32.1. The Bertz CT molecular complexity index is 1220. The highest BCUT2D eigenvalue weighted by molar-refractivity contribution is 7.80. The standard InChI is InChI=1S/C27H29F3N4O2S/c1-17(32-19-8-9-19)18-6-11-21(12-7-18)36-15-5-14-33-25(37)34(24(35)26(33,2)3)20-10-13-23(31-4)22(16-20)27(28,29)30/h6-7,10-13,16-17,19,32H,5,8-9,14-15H2,1-3H3. The van der Waals surface area contributed by atoms with E-state index in [1.54, 1.807) is 18.7 Å². The lowest BCUT2D eigenvalue weighted by Crippen LogP contribution is -2.44. The molecule has 4 rings (SSSR count). The van der Waals surface area contributed by atoms with Gasteiger partial charge in [0.1, 0.15) is 11.3 Å². The third-order valence-electron chi connectivity index (χ3n) is 6.73. The van der Waals surface area contributed by atoms with Crippen molar-refractivity contribution in [3.63, 3.8) is 0 Å². The fourth-order valence-electron chi connectivity index (χ4n) is 4.39. The molecule has 196 valence electrons. The van der Waals surface area contributed by atoms with E-state index in [0.29, 0.717) is 25.6 Å². The Morgan fingerprint density at radius 1 is 1.22 bits per heavy atom. The van der Waals surface area contributed by atoms with Gasteiger partial charge in [-0.3, -0.25) is 9.69 Å². The predicted molar refractivity (Wildman–Crippen MR) is 140 cm³/mol. The molecule has 2 aromatic carbocycles. The summed E-state index contributed by atoms with van der Waals surface area (Å²) < 4.78 is 46.3. The molecule has 0 spiro atoms. The monoisotopic (exact) mass is 530 g/mol. The quantitative estimate of drug-likeness (QED) is 0.236. The Hall–Kier alpha value is -3.16. The van der Waals surface area contributed by atoms with Gasteiger partial charge >= 0.3 is 6.18 Å². The average Bonchev–Trinajstić information content (AvgIpc) is 3.64. The van der Waals surface area contributed by atoms with Crippen LogP contribution < -0.4 is 15.0 Å². The van der Waals surface area contributed by atoms with Crippen molar-refractivity contribution in [1.29, 1.82) is 0 Å². The SMILES string of the molecule is [C-]#[N+]c1ccc(N2C(=O)C(C)(C)N(CCCOc3ccc(C(C)NC4CC4)cc3)C2=S)cc1C(F)(F)F. The van der Waals surface area contributed by atoms with E-state index in [2.05, 4.69) is 17.1 Å². The number of hydrogen-bond acceptors (Lipinski definition) is 4. The maximum Gasteiger partial charge on any atom is 0.407 e. The van der Waals surface area contributed by atoms with Gasteiger partial charge in [-0.05, 0) is 82.1 Å². The van der Waals surface area contributed by atoms with Crippen LogP contribution in [0.1, 0.15) is 57.2 Å². The Balaban J connectivity index is 1.38. The molecule has 0 radical (unpaired) electrons. The van der Waals surface area contributed by atoms with E-state index in [9.17, 15) is 18.0 Å². The van der Waals surface area contributed by atoms with E-state index in [1.165, 1.54) is 24.5 Å². The lowest BCUT2D eigenvalue weighted by atomic mass is 10.0. The van der Waals surface area contributed by atoms with Crippen LogP contribution in [0.5, 0.6) is 5.75 Å². The van der Waals surface area contributed by atoms with E-state index < -0.39 is 28.9 Å². The number of nitrogens with zero attached hydrogens (tertiary/aromatic N) is 3. The van der Waals surface area contributed by atoms with Crippen molar-refractivity contribution in [2.24, 2.45) is 0 Å². The van der Waals surface area contributed by atoms with E-state index in [1.807, 2.05) is 24.3 Å². The summed E-state index contributed by atoms with van der Waals surface area (Å²) in [5.74, 6) is 0.314. The van der Waals surface area contributed by atoms with Crippen molar-refractivity contribution in [2.75, 3.05) is 18.1 Å². The number of carbonyl (C=O) groups excluding carboxylic acids is 1. The summed E-state index contributed by atoms with van der Waals surface area (Å²) in [7, 11) is 0. The van der Waals surface area contributed by atoms with Crippen LogP contribution in [0.15, 0.2) is 42.5 Å². The first-order chi connectivity index (χ1) is 17.4. The molecule has 6 nitrogen and oxygen atoms in total. The molecule has 10 heteroatoms. The molecule has 1 unspecified atom stereocenters. The Kier molecular flexibility index (Phi) is 7.49. The molecule has 1 aliphatic carbocycles. The summed E-state index contributed by atoms with van der Waals surface area (Å²) in [6.07, 6.45) is -1.71. The van der Waals surface area contributed by atoms with Gasteiger partial charge in [-0.1, -0.05) is 18.2 Å². The normalized spacial score (nSPS) is 18.2. The summed E-state index contributed by atoms with van der Waals surface area (Å²) in [5.41, 5.74) is -1.47. The minimum atomic E-state index is -4.73. The molecule has 0 aromatic heterocycles. The molecule has 2 aliphatic rings. The van der Waals surface area contributed by atoms with Crippen molar-refractivity contribution >= 4 is 34.6 Å². The topological polar surface area (TPSA) is 49.2 Å². The minimum absolute atomic E-state index is 0.00737. The Labute approximate surface area is 220 Å². The summed E-state index contributed by atoms with van der Waals surface area (Å²) in [6, 6.07) is 12.1. The number of rotatable bonds is 9. The fraction of sp³-hybridized carbons (Fsp3) is 0.444. The van der Waals surface area contributed by atoms with Crippen molar-refractivity contribution in [3.05, 3.63) is 65.0 Å². The van der Waals surface area contributed by atoms with Crippen molar-refractivity contribution < 1.29 is 22.7 Å². The third kappa shape index (κ3) is 5.73. The highest BCUT2D eigenvalue weighted by Gasteiger charge is 2.49. The van der Waals surface area contributed by atoms with Gasteiger partial charge in [-0.15, -0.1) is 0 Å². The summed E-state index contributed by atoms with van der Waals surface area (Å²) in [6.45, 7) is 13.3. The van der Waals surface area contributed by atoms with Gasteiger partial charge in [-0.25, -0.2) is 4.85 Å². The lowest BCUT2D eigenvalue weighted by molar-refractivity contribution is -0.136. The highest BCUT2D eigenvalue weighted by Crippen LogP contribution is 2.41. The first-order valence-corrected chi connectivity index (χ1v) is 12.6. The molecule has 2 fully saturated rings. The first-order valence-electron chi connectivity index (χ1n) is 12.2. The number of benzene rings is 2. The zero-order valence-electron chi connectivity index (χ0n) is 20.9. The van der Waals surface area contributed by atoms with Crippen molar-refractivity contribution in [2.45, 2.75) is 63.8 Å². The maximum atomic E-state index is 13.5. The molecule has 37 heavy (non-hydrogen) atoms. The summed E-state index contributed by atoms with van der Waals surface area (Å²) in [4.78, 5) is 19.0. The second-order valence-electron chi connectivity index (χ2n) is 9.88. The maximum absolute atomic E-state index is 13.5. The number of alkyl halides is 3. The van der Waals surface area contributed by atoms with Gasteiger partial charge in [-0.2, -0.15) is 13.2 Å². The van der Waals surface area contributed by atoms with Gasteiger partial charge in [0.2, 0.25) is 0 Å². The predicted octanol–water partition coefficient (Wildman–Crippen LogP) is 6.25. The van der Waals surface area contributed by atoms with Crippen LogP contribution in [-0.2, 0) is 11.0 Å². The van der Waals surface area contributed by atoms with Crippen LogP contribution in [0.3, 0.4) is 0 Å². The number of halogens is 3. The molecular formula is C27H29F3N4O2S. The molecule has 1 atom stereocenters. The van der Waals surface area contributed by atoms with Gasteiger partial charge in [0, 0.05) is 24.3 Å². The lowest BCUT2D eigenvalue weighted by Gasteiger charge is -2.29. The second-order valence-corrected chi connectivity index (χ2v) is 10.2. The number of nitrogens with one attached hydrogen (secondary N) is 1. The van der Waals surface area contributed by atoms with Crippen LogP contribution in [-0.4, -0.2) is 40.7 Å². The molecule has 1 saturated carbocycles. The average molecular weight is 531 g/mol. The van der Waals surface area contributed by atoms with Gasteiger partial charge in [0.25, 0.3) is 5.91 Å². The molecule has 1 heterocycles. The zero-order chi connectivity index (χ0) is 27.0. The molecule has 1 N–H and O–H groups in total. The summed E-state index contributed by atoms with van der Waals surface area (Å²) >= 11 is 5.53. The molecule has 1 aliphatic heterocycles. The van der Waals surface area contributed by atoms with E-state index in [-0.39, 0.29) is 16.8 Å². The molecule has 1 saturated heterocycles. The minimum Gasteiger partial charge on any atom is -0.494 e. The van der Waals surface area contributed by atoms with Crippen LogP contribution in [0, 0.1) is 6.57 Å². The Morgan fingerprint density at radius 2 is 1.89 bits per heavy atom. The smallest absolute Gasteiger partial charge is 0.407 e. The number of ether oxygens (including phenoxy) is 1. The zero-order valence-corrected chi connectivity index (χ0v) is 21.7. The van der Waals surface area contributed by atoms with Gasteiger partial charge in [0.05, 0.1) is 18.7 Å². The first kappa shape index (κ1) is 26.9. The molecule has 1 amide bonds. The number of carbonyl (C=O) groups is 1. The summed E-state index contributed by atoms with van der Waals surface area (Å²) in [5, 5.41) is 3.69. The molecule has 2 aromatic rings. The van der Waals surface area contributed by atoms with Gasteiger partial charge in [0.15, 0.2) is 10.8 Å². The van der Waals surface area contributed by atoms with Crippen molar-refractivity contribution in [1.82, 2.24) is 10.2 Å². The number of thiocarbonyl (C=S) groups is 1. The van der Waals surface area contributed by atoms with E-state index in [4.69, 9.17) is 23.5 Å². The van der Waals surface area contributed by atoms with Crippen LogP contribution in [0.2, 0.25) is 0 Å². The number of hydrogen-bond donors (Lipinski definition) is 1. The van der Waals surface area contributed by atoms with Crippen LogP contribution >= 0.6 is 12.2 Å². The third-order valence-corrected chi connectivity index (χ3v) is 7.13. The molecule has 0 bridgehead atoms. The number of anilines is 1. The van der Waals surface area contributed by atoms with Crippen LogP contribution in [0.4, 0.5) is 24.5 Å². The number of amides is 1. The van der Waals surface area contributed by atoms with Crippen LogP contribution in [0.25, 0.3) is 4.85 Å². The van der Waals surface area contributed by atoms with E-state index in [0.717, 1.165) is 22.8 Å². The van der Waals surface area contributed by atoms with Crippen molar-refractivity contribution in [3.8, 4) is 5.75 Å². The largest absolute Gasteiger partial charge is 0.494 e. The van der Waals surface area contributed by atoms with E-state index >= 15 is 0 Å². The molecular weight excluding hydrogens is 501 g/mol. The fourth-order valence-corrected chi connectivity index (χ4v) is 4.90. The Morgan fingerprint density at radius 3 is 2.49 bits per heavy atom.